The Morgan fingerprint density at radius 1 is 1.38 bits per heavy atom. The Balaban J connectivity index is 1.43. The van der Waals surface area contributed by atoms with E-state index in [0.717, 1.165) is 35.7 Å². The summed E-state index contributed by atoms with van der Waals surface area (Å²) < 4.78 is 7.24. The number of hydrogen-bond acceptors (Lipinski definition) is 4. The number of carbonyl (C=O) groups excluding carboxylic acids is 1. The van der Waals surface area contributed by atoms with E-state index >= 15 is 0 Å². The number of benzene rings is 1. The number of amides is 1. The standard InChI is InChI=1S/C18H23N3O2S/c1-20(11-14-5-7-17(23-2)8-6-14)18(22)13-24-12-15-10-16-4-3-9-21(16)19-15/h5-8,10H,3-4,9,11-13H2,1-2H3. The molecule has 1 aromatic carbocycles. The summed E-state index contributed by atoms with van der Waals surface area (Å²) in [6, 6.07) is 9.98. The average molecular weight is 345 g/mol. The van der Waals surface area contributed by atoms with Gasteiger partial charge in [0.05, 0.1) is 18.6 Å². The first-order valence-electron chi connectivity index (χ1n) is 8.16. The lowest BCUT2D eigenvalue weighted by molar-refractivity contribution is -0.127. The van der Waals surface area contributed by atoms with Gasteiger partial charge in [-0.2, -0.15) is 5.10 Å². The molecule has 0 aliphatic carbocycles. The molecule has 5 nitrogen and oxygen atoms in total. The maximum Gasteiger partial charge on any atom is 0.232 e. The quantitative estimate of drug-likeness (QED) is 0.774. The van der Waals surface area contributed by atoms with E-state index in [0.29, 0.717) is 12.3 Å². The number of hydrogen-bond donors (Lipinski definition) is 0. The van der Waals surface area contributed by atoms with E-state index in [1.807, 2.05) is 31.3 Å². The van der Waals surface area contributed by atoms with Crippen molar-refractivity contribution < 1.29 is 9.53 Å². The second-order valence-corrected chi connectivity index (χ2v) is 7.03. The van der Waals surface area contributed by atoms with Gasteiger partial charge in [-0.25, -0.2) is 0 Å². The van der Waals surface area contributed by atoms with Gasteiger partial charge in [-0.15, -0.1) is 11.8 Å². The molecular weight excluding hydrogens is 322 g/mol. The van der Waals surface area contributed by atoms with Crippen molar-refractivity contribution in [3.63, 3.8) is 0 Å². The van der Waals surface area contributed by atoms with Crippen molar-refractivity contribution in [2.45, 2.75) is 31.7 Å². The zero-order valence-electron chi connectivity index (χ0n) is 14.2. The highest BCUT2D eigenvalue weighted by molar-refractivity contribution is 7.99. The lowest BCUT2D eigenvalue weighted by Crippen LogP contribution is -2.27. The molecule has 1 aromatic heterocycles. The minimum absolute atomic E-state index is 0.141. The van der Waals surface area contributed by atoms with Crippen LogP contribution in [-0.2, 0) is 30.1 Å². The van der Waals surface area contributed by atoms with E-state index in [1.165, 1.54) is 12.1 Å². The second-order valence-electron chi connectivity index (χ2n) is 6.04. The van der Waals surface area contributed by atoms with Gasteiger partial charge in [-0.3, -0.25) is 9.48 Å². The molecule has 0 radical (unpaired) electrons. The first kappa shape index (κ1) is 16.9. The molecule has 0 saturated carbocycles. The van der Waals surface area contributed by atoms with Gasteiger partial charge in [0.25, 0.3) is 0 Å². The number of methoxy groups -OCH3 is 1. The van der Waals surface area contributed by atoms with Crippen molar-refractivity contribution >= 4 is 17.7 Å². The Bertz CT molecular complexity index is 675. The SMILES string of the molecule is COc1ccc(CN(C)C(=O)CSCc2cc3n(n2)CCC3)cc1. The number of thioether (sulfide) groups is 1. The van der Waals surface area contributed by atoms with Gasteiger partial charge in [0.15, 0.2) is 0 Å². The van der Waals surface area contributed by atoms with Crippen LogP contribution in [0, 0.1) is 0 Å². The number of nitrogens with zero attached hydrogens (tertiary/aromatic N) is 3. The molecule has 2 aromatic rings. The minimum atomic E-state index is 0.141. The van der Waals surface area contributed by atoms with Crippen LogP contribution in [0.4, 0.5) is 0 Å². The molecule has 128 valence electrons. The highest BCUT2D eigenvalue weighted by atomic mass is 32.2. The second kappa shape index (κ2) is 7.75. The maximum atomic E-state index is 12.3. The van der Waals surface area contributed by atoms with Crippen LogP contribution >= 0.6 is 11.8 Å². The number of carbonyl (C=O) groups is 1. The molecule has 0 unspecified atom stereocenters. The molecule has 6 heteroatoms. The molecule has 3 rings (SSSR count). The van der Waals surface area contributed by atoms with Crippen molar-refractivity contribution in [1.29, 1.82) is 0 Å². The predicted octanol–water partition coefficient (Wildman–Crippen LogP) is 2.73. The molecule has 0 saturated heterocycles. The van der Waals surface area contributed by atoms with Crippen LogP contribution in [0.1, 0.15) is 23.4 Å². The lowest BCUT2D eigenvalue weighted by atomic mass is 10.2. The maximum absolute atomic E-state index is 12.3. The van der Waals surface area contributed by atoms with Crippen LogP contribution in [0.5, 0.6) is 5.75 Å². The van der Waals surface area contributed by atoms with E-state index in [4.69, 9.17) is 4.74 Å². The third-order valence-electron chi connectivity index (χ3n) is 4.20. The normalized spacial score (nSPS) is 12.9. The van der Waals surface area contributed by atoms with Gasteiger partial charge in [-0.1, -0.05) is 12.1 Å². The number of fused-ring (bicyclic) bond motifs is 1. The summed E-state index contributed by atoms with van der Waals surface area (Å²) >= 11 is 1.63. The largest absolute Gasteiger partial charge is 0.497 e. The highest BCUT2D eigenvalue weighted by Crippen LogP contribution is 2.19. The predicted molar refractivity (Wildman–Crippen MR) is 96.2 cm³/mol. The molecule has 1 aliphatic heterocycles. The fourth-order valence-electron chi connectivity index (χ4n) is 2.84. The van der Waals surface area contributed by atoms with Gasteiger partial charge in [0.1, 0.15) is 5.75 Å². The van der Waals surface area contributed by atoms with Crippen molar-refractivity contribution in [2.75, 3.05) is 19.9 Å². The summed E-state index contributed by atoms with van der Waals surface area (Å²) in [5.41, 5.74) is 3.51. The van der Waals surface area contributed by atoms with Crippen LogP contribution < -0.4 is 4.74 Å². The fourth-order valence-corrected chi connectivity index (χ4v) is 3.68. The average Bonchev–Trinajstić information content (AvgIpc) is 3.17. The van der Waals surface area contributed by atoms with E-state index < -0.39 is 0 Å². The van der Waals surface area contributed by atoms with Crippen LogP contribution in [0.25, 0.3) is 0 Å². The molecule has 0 spiro atoms. The Morgan fingerprint density at radius 2 is 2.17 bits per heavy atom. The van der Waals surface area contributed by atoms with E-state index in [2.05, 4.69) is 15.8 Å². The fraction of sp³-hybridized carbons (Fsp3) is 0.444. The summed E-state index contributed by atoms with van der Waals surface area (Å²) in [4.78, 5) is 14.0. The Kier molecular flexibility index (Phi) is 5.45. The highest BCUT2D eigenvalue weighted by Gasteiger charge is 2.14. The van der Waals surface area contributed by atoms with Gasteiger partial charge in [0, 0.05) is 31.6 Å². The molecule has 2 heterocycles. The smallest absolute Gasteiger partial charge is 0.232 e. The van der Waals surface area contributed by atoms with Crippen molar-refractivity contribution in [3.8, 4) is 5.75 Å². The zero-order chi connectivity index (χ0) is 16.9. The molecule has 0 fully saturated rings. The first-order chi connectivity index (χ1) is 11.7. The van der Waals surface area contributed by atoms with Crippen LogP contribution in [0.3, 0.4) is 0 Å². The molecular formula is C18H23N3O2S. The van der Waals surface area contributed by atoms with Gasteiger partial charge in [0.2, 0.25) is 5.91 Å². The molecule has 1 amide bonds. The van der Waals surface area contributed by atoms with Crippen LogP contribution in [0.2, 0.25) is 0 Å². The topological polar surface area (TPSA) is 47.4 Å². The molecule has 0 atom stereocenters. The molecule has 0 bridgehead atoms. The summed E-state index contributed by atoms with van der Waals surface area (Å²) in [6.07, 6.45) is 2.32. The summed E-state index contributed by atoms with van der Waals surface area (Å²) in [5.74, 6) is 2.24. The first-order valence-corrected chi connectivity index (χ1v) is 9.31. The molecule has 1 aliphatic rings. The Morgan fingerprint density at radius 3 is 2.88 bits per heavy atom. The van der Waals surface area contributed by atoms with Crippen molar-refractivity contribution in [1.82, 2.24) is 14.7 Å². The summed E-state index contributed by atoms with van der Waals surface area (Å²) in [5, 5.41) is 4.58. The van der Waals surface area contributed by atoms with Crippen LogP contribution in [-0.4, -0.2) is 40.5 Å². The van der Waals surface area contributed by atoms with Gasteiger partial charge < -0.3 is 9.64 Å². The Hall–Kier alpha value is -1.95. The lowest BCUT2D eigenvalue weighted by Gasteiger charge is -2.17. The Labute approximate surface area is 147 Å². The van der Waals surface area contributed by atoms with E-state index in [-0.39, 0.29) is 5.91 Å². The minimum Gasteiger partial charge on any atom is -0.497 e. The molecule has 24 heavy (non-hydrogen) atoms. The summed E-state index contributed by atoms with van der Waals surface area (Å²) in [6.45, 7) is 1.64. The van der Waals surface area contributed by atoms with Crippen LogP contribution in [0.15, 0.2) is 30.3 Å². The third-order valence-corrected chi connectivity index (χ3v) is 5.15. The zero-order valence-corrected chi connectivity index (χ0v) is 15.0. The molecule has 0 N–H and O–H groups in total. The number of aromatic nitrogens is 2. The number of ether oxygens (including phenoxy) is 1. The van der Waals surface area contributed by atoms with Gasteiger partial charge in [-0.05, 0) is 36.6 Å². The number of aryl methyl sites for hydroxylation is 2. The monoisotopic (exact) mass is 345 g/mol. The summed E-state index contributed by atoms with van der Waals surface area (Å²) in [7, 11) is 3.49. The van der Waals surface area contributed by atoms with E-state index in [1.54, 1.807) is 23.8 Å². The van der Waals surface area contributed by atoms with Gasteiger partial charge >= 0.3 is 0 Å². The number of rotatable bonds is 7. The van der Waals surface area contributed by atoms with Crippen molar-refractivity contribution in [3.05, 3.63) is 47.3 Å². The van der Waals surface area contributed by atoms with E-state index in [9.17, 15) is 4.79 Å². The third kappa shape index (κ3) is 4.12. The van der Waals surface area contributed by atoms with Crippen molar-refractivity contribution in [2.24, 2.45) is 0 Å².